The second-order valence-corrected chi connectivity index (χ2v) is 5.67. The Bertz CT molecular complexity index is 880. The Morgan fingerprint density at radius 3 is 2.38 bits per heavy atom. The largest absolute Gasteiger partial charge is 0.277 e. The van der Waals surface area contributed by atoms with Crippen LogP contribution >= 0.6 is 0 Å². The summed E-state index contributed by atoms with van der Waals surface area (Å²) >= 11 is 0. The average Bonchev–Trinajstić information content (AvgIpc) is 2.49. The van der Waals surface area contributed by atoms with E-state index in [1.54, 1.807) is 12.1 Å². The molecule has 0 aromatic heterocycles. The minimum Gasteiger partial charge on any atom is -0.277 e. The van der Waals surface area contributed by atoms with Gasteiger partial charge in [0.25, 0.3) is 10.0 Å². The van der Waals surface area contributed by atoms with Crippen molar-refractivity contribution in [1.29, 1.82) is 10.5 Å². The number of nitrogens with zero attached hydrogens (tertiary/aromatic N) is 2. The van der Waals surface area contributed by atoms with Gasteiger partial charge in [0.15, 0.2) is 0 Å². The van der Waals surface area contributed by atoms with Crippen LogP contribution in [0.1, 0.15) is 11.1 Å². The van der Waals surface area contributed by atoms with Crippen LogP contribution < -0.4 is 4.72 Å². The molecule has 0 atom stereocenters. The van der Waals surface area contributed by atoms with Crippen LogP contribution in [-0.4, -0.2) is 8.42 Å². The molecule has 0 bridgehead atoms. The molecule has 0 aliphatic heterocycles. The molecule has 0 aliphatic rings. The molecule has 0 saturated heterocycles. The van der Waals surface area contributed by atoms with Gasteiger partial charge < -0.3 is 0 Å². The van der Waals surface area contributed by atoms with Crippen LogP contribution in [0.2, 0.25) is 0 Å². The fourth-order valence-electron chi connectivity index (χ4n) is 1.66. The van der Waals surface area contributed by atoms with Crippen molar-refractivity contribution in [2.24, 2.45) is 0 Å². The zero-order valence-corrected chi connectivity index (χ0v) is 11.4. The van der Waals surface area contributed by atoms with Crippen molar-refractivity contribution in [3.8, 4) is 12.1 Å². The molecule has 1 N–H and O–H groups in total. The molecule has 2 aromatic carbocycles. The second kappa shape index (κ2) is 5.61. The summed E-state index contributed by atoms with van der Waals surface area (Å²) in [5.41, 5.74) is -0.256. The molecule has 2 aromatic rings. The highest BCUT2D eigenvalue weighted by Crippen LogP contribution is 2.22. The minimum absolute atomic E-state index is 0.0425. The summed E-state index contributed by atoms with van der Waals surface area (Å²) in [5.74, 6) is -0.868. The Kier molecular flexibility index (Phi) is 3.88. The summed E-state index contributed by atoms with van der Waals surface area (Å²) in [6.45, 7) is 0. The van der Waals surface area contributed by atoms with Crippen molar-refractivity contribution < 1.29 is 12.8 Å². The first-order chi connectivity index (χ1) is 9.97. The number of hydrogen-bond donors (Lipinski definition) is 1. The molecule has 0 fully saturated rings. The van der Waals surface area contributed by atoms with E-state index in [-0.39, 0.29) is 21.7 Å². The Labute approximate surface area is 120 Å². The lowest BCUT2D eigenvalue weighted by molar-refractivity contribution is 0.598. The highest BCUT2D eigenvalue weighted by atomic mass is 32.2. The van der Waals surface area contributed by atoms with Gasteiger partial charge in [-0.25, -0.2) is 12.8 Å². The third kappa shape index (κ3) is 2.99. The molecule has 0 aliphatic carbocycles. The average molecular weight is 301 g/mol. The van der Waals surface area contributed by atoms with Crippen molar-refractivity contribution in [2.75, 3.05) is 4.72 Å². The monoisotopic (exact) mass is 301 g/mol. The second-order valence-electron chi connectivity index (χ2n) is 4.02. The van der Waals surface area contributed by atoms with E-state index in [1.165, 1.54) is 30.3 Å². The Hall–Kier alpha value is -2.90. The molecule has 7 heteroatoms. The van der Waals surface area contributed by atoms with Crippen molar-refractivity contribution in [1.82, 2.24) is 0 Å². The number of rotatable bonds is 3. The fraction of sp³-hybridized carbons (Fsp3) is 0. The van der Waals surface area contributed by atoms with E-state index in [2.05, 4.69) is 4.72 Å². The van der Waals surface area contributed by atoms with Crippen LogP contribution in [0, 0.1) is 28.5 Å². The number of benzene rings is 2. The van der Waals surface area contributed by atoms with Gasteiger partial charge in [0.2, 0.25) is 0 Å². The third-order valence-electron chi connectivity index (χ3n) is 2.64. The molecule has 0 spiro atoms. The SMILES string of the molecule is N#Cc1ccc(NS(=O)(=O)c2ccccc2C#N)c(F)c1. The number of anilines is 1. The maximum atomic E-state index is 13.7. The highest BCUT2D eigenvalue weighted by molar-refractivity contribution is 7.92. The van der Waals surface area contributed by atoms with E-state index in [4.69, 9.17) is 10.5 Å². The third-order valence-corrected chi connectivity index (χ3v) is 4.06. The summed E-state index contributed by atoms with van der Waals surface area (Å²) in [7, 11) is -4.09. The summed E-state index contributed by atoms with van der Waals surface area (Å²) < 4.78 is 40.2. The van der Waals surface area contributed by atoms with Crippen molar-refractivity contribution in [3.63, 3.8) is 0 Å². The highest BCUT2D eigenvalue weighted by Gasteiger charge is 2.19. The number of nitrogens with one attached hydrogen (secondary N) is 1. The van der Waals surface area contributed by atoms with Crippen LogP contribution in [0.4, 0.5) is 10.1 Å². The van der Waals surface area contributed by atoms with Crippen LogP contribution in [0.3, 0.4) is 0 Å². The first kappa shape index (κ1) is 14.5. The van der Waals surface area contributed by atoms with Crippen LogP contribution in [0.25, 0.3) is 0 Å². The van der Waals surface area contributed by atoms with Gasteiger partial charge in [-0.05, 0) is 30.3 Å². The van der Waals surface area contributed by atoms with E-state index in [0.29, 0.717) is 0 Å². The Balaban J connectivity index is 2.44. The number of halogens is 1. The molecule has 0 heterocycles. The summed E-state index contributed by atoms with van der Waals surface area (Å²) in [6, 6.07) is 12.5. The van der Waals surface area contributed by atoms with E-state index in [0.717, 1.165) is 12.1 Å². The van der Waals surface area contributed by atoms with Crippen LogP contribution in [0.15, 0.2) is 47.4 Å². The van der Waals surface area contributed by atoms with Gasteiger partial charge in [-0.3, -0.25) is 4.72 Å². The molecule has 2 rings (SSSR count). The van der Waals surface area contributed by atoms with Gasteiger partial charge in [-0.1, -0.05) is 12.1 Å². The predicted molar refractivity (Wildman–Crippen MR) is 73.1 cm³/mol. The predicted octanol–water partition coefficient (Wildman–Crippen LogP) is 2.37. The van der Waals surface area contributed by atoms with Crippen molar-refractivity contribution in [3.05, 3.63) is 59.4 Å². The molecule has 0 unspecified atom stereocenters. The summed E-state index contributed by atoms with van der Waals surface area (Å²) in [6.07, 6.45) is 0. The van der Waals surface area contributed by atoms with E-state index >= 15 is 0 Å². The number of nitriles is 2. The lowest BCUT2D eigenvalue weighted by Crippen LogP contribution is -2.15. The summed E-state index contributed by atoms with van der Waals surface area (Å²) in [4.78, 5) is -0.240. The molecule has 0 radical (unpaired) electrons. The lowest BCUT2D eigenvalue weighted by Gasteiger charge is -2.10. The standard InChI is InChI=1S/C14H8FN3O2S/c15-12-7-10(8-16)5-6-13(12)18-21(19,20)14-4-2-1-3-11(14)9-17/h1-7,18H. The van der Waals surface area contributed by atoms with Crippen molar-refractivity contribution >= 4 is 15.7 Å². The zero-order valence-electron chi connectivity index (χ0n) is 10.5. The molecule has 0 saturated carbocycles. The van der Waals surface area contributed by atoms with Crippen LogP contribution in [0.5, 0.6) is 0 Å². The minimum atomic E-state index is -4.09. The van der Waals surface area contributed by atoms with Gasteiger partial charge >= 0.3 is 0 Å². The quantitative estimate of drug-likeness (QED) is 0.941. The van der Waals surface area contributed by atoms with Gasteiger partial charge in [0.1, 0.15) is 16.8 Å². The molecule has 0 amide bonds. The van der Waals surface area contributed by atoms with Crippen LogP contribution in [-0.2, 0) is 10.0 Å². The van der Waals surface area contributed by atoms with Gasteiger partial charge in [-0.15, -0.1) is 0 Å². The van der Waals surface area contributed by atoms with Gasteiger partial charge in [-0.2, -0.15) is 10.5 Å². The molecule has 21 heavy (non-hydrogen) atoms. The lowest BCUT2D eigenvalue weighted by atomic mass is 10.2. The van der Waals surface area contributed by atoms with E-state index in [1.807, 2.05) is 0 Å². The molecular formula is C14H8FN3O2S. The Morgan fingerprint density at radius 1 is 1.05 bits per heavy atom. The Morgan fingerprint density at radius 2 is 1.76 bits per heavy atom. The molecule has 104 valence electrons. The first-order valence-corrected chi connectivity index (χ1v) is 7.18. The first-order valence-electron chi connectivity index (χ1n) is 5.69. The fourth-order valence-corrected chi connectivity index (χ4v) is 2.89. The van der Waals surface area contributed by atoms with Crippen molar-refractivity contribution in [2.45, 2.75) is 4.90 Å². The smallest absolute Gasteiger partial charge is 0.263 e. The normalized spacial score (nSPS) is 10.4. The van der Waals surface area contributed by atoms with Gasteiger partial charge in [0, 0.05) is 0 Å². The summed E-state index contributed by atoms with van der Waals surface area (Å²) in [5, 5.41) is 17.6. The maximum absolute atomic E-state index is 13.7. The van der Waals surface area contributed by atoms with Gasteiger partial charge in [0.05, 0.1) is 22.9 Å². The number of sulfonamides is 1. The molecular weight excluding hydrogens is 293 g/mol. The zero-order chi connectivity index (χ0) is 15.5. The van der Waals surface area contributed by atoms with E-state index in [9.17, 15) is 12.8 Å². The van der Waals surface area contributed by atoms with E-state index < -0.39 is 15.8 Å². The number of hydrogen-bond acceptors (Lipinski definition) is 4. The topological polar surface area (TPSA) is 93.8 Å². The molecule has 5 nitrogen and oxygen atoms in total. The maximum Gasteiger partial charge on any atom is 0.263 e.